The van der Waals surface area contributed by atoms with Gasteiger partial charge in [-0.05, 0) is 31.2 Å². The Morgan fingerprint density at radius 3 is 2.25 bits per heavy atom. The summed E-state index contributed by atoms with van der Waals surface area (Å²) in [6.07, 6.45) is -4.54. The van der Waals surface area contributed by atoms with Crippen LogP contribution in [0.3, 0.4) is 0 Å². The van der Waals surface area contributed by atoms with Crippen LogP contribution in [0.2, 0.25) is 5.02 Å². The fourth-order valence-electron chi connectivity index (χ4n) is 2.98. The molecule has 0 bridgehead atoms. The van der Waals surface area contributed by atoms with Crippen molar-refractivity contribution < 1.29 is 22.4 Å². The van der Waals surface area contributed by atoms with Crippen molar-refractivity contribution >= 4 is 23.3 Å². The average molecular weight is 417 g/mol. The van der Waals surface area contributed by atoms with E-state index in [0.717, 1.165) is 12.1 Å². The maximum atomic E-state index is 13.6. The van der Waals surface area contributed by atoms with Crippen LogP contribution < -0.4 is 4.90 Å². The second-order valence-corrected chi connectivity index (χ2v) is 6.74. The molecule has 0 saturated carbocycles. The fraction of sp³-hybridized carbons (Fsp3) is 0.389. The monoisotopic (exact) mass is 416 g/mol. The van der Waals surface area contributed by atoms with E-state index in [4.69, 9.17) is 11.6 Å². The Kier molecular flexibility index (Phi) is 5.74. The number of hydrogen-bond donors (Lipinski definition) is 0. The van der Waals surface area contributed by atoms with E-state index in [9.17, 15) is 22.4 Å². The number of rotatable bonds is 3. The number of piperazine rings is 1. The van der Waals surface area contributed by atoms with Crippen molar-refractivity contribution in [2.24, 2.45) is 0 Å². The standard InChI is InChI=1S/C18H17ClF4N4O/c1-11(20)15-14(19)16(25-10-24-15)26-6-8-27(9-7-26)17(28)12-2-4-13(5-3-12)18(21,22)23/h2-5,10-11H,6-9H2,1H3. The Hall–Kier alpha value is -2.42. The van der Waals surface area contributed by atoms with Gasteiger partial charge in [0.05, 0.1) is 11.3 Å². The summed E-state index contributed by atoms with van der Waals surface area (Å²) >= 11 is 6.20. The third-order valence-electron chi connectivity index (χ3n) is 4.50. The molecule has 1 saturated heterocycles. The van der Waals surface area contributed by atoms with Gasteiger partial charge >= 0.3 is 6.18 Å². The van der Waals surface area contributed by atoms with Gasteiger partial charge in [-0.3, -0.25) is 4.79 Å². The summed E-state index contributed by atoms with van der Waals surface area (Å²) in [7, 11) is 0. The minimum atomic E-state index is -4.44. The number of anilines is 1. The van der Waals surface area contributed by atoms with Gasteiger partial charge in [0.2, 0.25) is 0 Å². The van der Waals surface area contributed by atoms with E-state index in [-0.39, 0.29) is 22.2 Å². The van der Waals surface area contributed by atoms with Gasteiger partial charge < -0.3 is 9.80 Å². The second-order valence-electron chi connectivity index (χ2n) is 6.37. The summed E-state index contributed by atoms with van der Waals surface area (Å²) < 4.78 is 51.5. The molecule has 0 N–H and O–H groups in total. The molecule has 2 heterocycles. The summed E-state index contributed by atoms with van der Waals surface area (Å²) in [5.41, 5.74) is -0.504. The van der Waals surface area contributed by atoms with E-state index < -0.39 is 17.9 Å². The normalized spacial score (nSPS) is 16.2. The van der Waals surface area contributed by atoms with E-state index in [1.165, 1.54) is 25.4 Å². The Labute approximate surface area is 163 Å². The number of alkyl halides is 4. The Balaban J connectivity index is 1.67. The van der Waals surface area contributed by atoms with Gasteiger partial charge in [0.1, 0.15) is 17.5 Å². The molecule has 0 aliphatic carbocycles. The molecule has 1 atom stereocenters. The predicted molar refractivity (Wildman–Crippen MR) is 96.1 cm³/mol. The zero-order chi connectivity index (χ0) is 20.5. The molecule has 1 unspecified atom stereocenters. The molecule has 150 valence electrons. The quantitative estimate of drug-likeness (QED) is 0.706. The van der Waals surface area contributed by atoms with Crippen LogP contribution in [0.5, 0.6) is 0 Å². The van der Waals surface area contributed by atoms with Crippen molar-refractivity contribution in [2.45, 2.75) is 19.3 Å². The molecule has 2 aromatic rings. The van der Waals surface area contributed by atoms with Crippen LogP contribution in [-0.2, 0) is 6.18 Å². The van der Waals surface area contributed by atoms with E-state index in [2.05, 4.69) is 9.97 Å². The molecule has 1 aliphatic rings. The number of carbonyl (C=O) groups excluding carboxylic acids is 1. The third-order valence-corrected chi connectivity index (χ3v) is 4.86. The van der Waals surface area contributed by atoms with Gasteiger partial charge in [-0.2, -0.15) is 13.2 Å². The Bertz CT molecular complexity index is 850. The lowest BCUT2D eigenvalue weighted by Crippen LogP contribution is -2.49. The first-order valence-electron chi connectivity index (χ1n) is 8.54. The van der Waals surface area contributed by atoms with Crippen LogP contribution in [0.15, 0.2) is 30.6 Å². The van der Waals surface area contributed by atoms with Crippen molar-refractivity contribution in [2.75, 3.05) is 31.1 Å². The maximum Gasteiger partial charge on any atom is 0.416 e. The minimum Gasteiger partial charge on any atom is -0.352 e. The lowest BCUT2D eigenvalue weighted by atomic mass is 10.1. The van der Waals surface area contributed by atoms with Crippen molar-refractivity contribution in [1.29, 1.82) is 0 Å². The number of nitrogens with zero attached hydrogens (tertiary/aromatic N) is 4. The molecule has 0 radical (unpaired) electrons. The molecule has 3 rings (SSSR count). The smallest absolute Gasteiger partial charge is 0.352 e. The van der Waals surface area contributed by atoms with E-state index >= 15 is 0 Å². The van der Waals surface area contributed by atoms with Crippen molar-refractivity contribution in [3.05, 3.63) is 52.4 Å². The molecule has 1 fully saturated rings. The van der Waals surface area contributed by atoms with Crippen molar-refractivity contribution in [1.82, 2.24) is 14.9 Å². The van der Waals surface area contributed by atoms with Crippen molar-refractivity contribution in [3.63, 3.8) is 0 Å². The molecule has 10 heteroatoms. The van der Waals surface area contributed by atoms with Crippen LogP contribution in [0, 0.1) is 0 Å². The summed E-state index contributed by atoms with van der Waals surface area (Å²) in [6.45, 7) is 2.81. The molecule has 1 amide bonds. The van der Waals surface area contributed by atoms with E-state index in [1.54, 1.807) is 4.90 Å². The number of hydrogen-bond acceptors (Lipinski definition) is 4. The molecule has 1 aromatic heterocycles. The highest BCUT2D eigenvalue weighted by molar-refractivity contribution is 6.33. The van der Waals surface area contributed by atoms with Crippen LogP contribution >= 0.6 is 11.6 Å². The van der Waals surface area contributed by atoms with Crippen LogP contribution in [0.1, 0.15) is 34.7 Å². The van der Waals surface area contributed by atoms with Crippen LogP contribution in [0.4, 0.5) is 23.4 Å². The zero-order valence-electron chi connectivity index (χ0n) is 14.9. The summed E-state index contributed by atoms with van der Waals surface area (Å²) in [5.74, 6) is 0.0537. The molecular weight excluding hydrogens is 400 g/mol. The summed E-state index contributed by atoms with van der Waals surface area (Å²) in [6, 6.07) is 4.13. The molecular formula is C18H17ClF4N4O. The largest absolute Gasteiger partial charge is 0.416 e. The van der Waals surface area contributed by atoms with Gasteiger partial charge in [-0.1, -0.05) is 11.6 Å². The highest BCUT2D eigenvalue weighted by atomic mass is 35.5. The molecule has 0 spiro atoms. The first-order chi connectivity index (χ1) is 13.2. The highest BCUT2D eigenvalue weighted by Crippen LogP contribution is 2.31. The van der Waals surface area contributed by atoms with E-state index in [1.807, 2.05) is 4.90 Å². The average Bonchev–Trinajstić information content (AvgIpc) is 2.67. The maximum absolute atomic E-state index is 13.6. The Morgan fingerprint density at radius 1 is 1.11 bits per heavy atom. The molecule has 28 heavy (non-hydrogen) atoms. The van der Waals surface area contributed by atoms with Gasteiger partial charge in [0, 0.05) is 31.7 Å². The van der Waals surface area contributed by atoms with Gasteiger partial charge in [0.25, 0.3) is 5.91 Å². The number of amides is 1. The topological polar surface area (TPSA) is 49.3 Å². The number of benzene rings is 1. The number of halogens is 5. The number of aromatic nitrogens is 2. The highest BCUT2D eigenvalue weighted by Gasteiger charge is 2.31. The van der Waals surface area contributed by atoms with Crippen LogP contribution in [-0.4, -0.2) is 47.0 Å². The Morgan fingerprint density at radius 2 is 1.71 bits per heavy atom. The second kappa shape index (κ2) is 7.90. The first kappa shape index (κ1) is 20.3. The lowest BCUT2D eigenvalue weighted by molar-refractivity contribution is -0.137. The molecule has 1 aliphatic heterocycles. The van der Waals surface area contributed by atoms with E-state index in [0.29, 0.717) is 32.0 Å². The lowest BCUT2D eigenvalue weighted by Gasteiger charge is -2.36. The fourth-order valence-corrected chi connectivity index (χ4v) is 3.34. The molecule has 5 nitrogen and oxygen atoms in total. The van der Waals surface area contributed by atoms with Gasteiger partial charge in [-0.15, -0.1) is 0 Å². The predicted octanol–water partition coefficient (Wildman–Crippen LogP) is 4.14. The first-order valence-corrected chi connectivity index (χ1v) is 8.92. The zero-order valence-corrected chi connectivity index (χ0v) is 15.6. The summed E-state index contributed by atoms with van der Waals surface area (Å²) in [4.78, 5) is 23.9. The summed E-state index contributed by atoms with van der Waals surface area (Å²) in [5, 5.41) is 0.139. The minimum absolute atomic E-state index is 0.106. The third kappa shape index (κ3) is 4.19. The van der Waals surface area contributed by atoms with Gasteiger partial charge in [0.15, 0.2) is 5.82 Å². The SMILES string of the molecule is CC(F)c1ncnc(N2CCN(C(=O)c3ccc(C(F)(F)F)cc3)CC2)c1Cl. The molecule has 1 aromatic carbocycles. The number of carbonyl (C=O) groups is 1. The van der Waals surface area contributed by atoms with Crippen LogP contribution in [0.25, 0.3) is 0 Å². The van der Waals surface area contributed by atoms with Crippen molar-refractivity contribution in [3.8, 4) is 0 Å². The van der Waals surface area contributed by atoms with Gasteiger partial charge in [-0.25, -0.2) is 14.4 Å².